The summed E-state index contributed by atoms with van der Waals surface area (Å²) in [5.74, 6) is 0.824. The molecule has 1 aliphatic carbocycles. The van der Waals surface area contributed by atoms with Crippen molar-refractivity contribution in [3.63, 3.8) is 0 Å². The Morgan fingerprint density at radius 1 is 1.64 bits per heavy atom. The summed E-state index contributed by atoms with van der Waals surface area (Å²) in [5.41, 5.74) is 6.75. The minimum Gasteiger partial charge on any atom is -0.360 e. The van der Waals surface area contributed by atoms with Crippen LogP contribution in [-0.4, -0.2) is 18.1 Å². The molecule has 1 unspecified atom stereocenters. The smallest absolute Gasteiger partial charge is 0.183 e. The van der Waals surface area contributed by atoms with Crippen molar-refractivity contribution in [1.82, 2.24) is 4.98 Å². The molecule has 3 N–H and O–H groups in total. The van der Waals surface area contributed by atoms with Crippen LogP contribution in [0.3, 0.4) is 0 Å². The second-order valence-corrected chi connectivity index (χ2v) is 5.04. The molecule has 0 aromatic carbocycles. The lowest BCUT2D eigenvalue weighted by molar-refractivity contribution is 0.502. The molecule has 0 aliphatic heterocycles. The Kier molecular flexibility index (Phi) is 3.03. The van der Waals surface area contributed by atoms with Gasteiger partial charge in [-0.25, -0.2) is 4.98 Å². The molecule has 1 aromatic heterocycles. The third-order valence-electron chi connectivity index (χ3n) is 2.61. The van der Waals surface area contributed by atoms with Crippen LogP contribution in [0, 0.1) is 5.92 Å². The maximum Gasteiger partial charge on any atom is 0.183 e. The Bertz CT molecular complexity index is 308. The van der Waals surface area contributed by atoms with E-state index in [4.69, 9.17) is 5.73 Å². The van der Waals surface area contributed by atoms with Crippen LogP contribution >= 0.6 is 11.3 Å². The highest BCUT2D eigenvalue weighted by atomic mass is 32.1. The average molecular weight is 211 g/mol. The van der Waals surface area contributed by atoms with Gasteiger partial charge in [-0.05, 0) is 25.2 Å². The molecule has 1 atom stereocenters. The standard InChI is InChI=1S/C10H17N3S/c1-7-2-3-8-9(6-7)14-10(13-8)12-5-4-11/h7H,2-6,11H2,1H3,(H,12,13). The highest BCUT2D eigenvalue weighted by Crippen LogP contribution is 2.31. The van der Waals surface area contributed by atoms with Gasteiger partial charge in [0, 0.05) is 18.0 Å². The maximum atomic E-state index is 5.43. The van der Waals surface area contributed by atoms with Gasteiger partial charge in [-0.2, -0.15) is 0 Å². The third kappa shape index (κ3) is 2.07. The van der Waals surface area contributed by atoms with E-state index in [0.29, 0.717) is 6.54 Å². The third-order valence-corrected chi connectivity index (χ3v) is 3.68. The predicted molar refractivity (Wildman–Crippen MR) is 60.8 cm³/mol. The fourth-order valence-corrected chi connectivity index (χ4v) is 2.99. The molecule has 0 fully saturated rings. The number of aryl methyl sites for hydroxylation is 1. The van der Waals surface area contributed by atoms with Crippen LogP contribution in [0.5, 0.6) is 0 Å². The molecule has 3 nitrogen and oxygen atoms in total. The lowest BCUT2D eigenvalue weighted by Gasteiger charge is -2.15. The summed E-state index contributed by atoms with van der Waals surface area (Å²) in [6.07, 6.45) is 3.64. The molecule has 1 aromatic rings. The second kappa shape index (κ2) is 4.28. The number of nitrogens with one attached hydrogen (secondary N) is 1. The summed E-state index contributed by atoms with van der Waals surface area (Å²) in [6.45, 7) is 3.80. The zero-order valence-corrected chi connectivity index (χ0v) is 9.36. The van der Waals surface area contributed by atoms with E-state index in [1.54, 1.807) is 11.3 Å². The normalized spacial score (nSPS) is 20.6. The molecule has 4 heteroatoms. The molecule has 0 saturated carbocycles. The van der Waals surface area contributed by atoms with Crippen LogP contribution in [0.2, 0.25) is 0 Å². The van der Waals surface area contributed by atoms with Crippen molar-refractivity contribution in [3.8, 4) is 0 Å². The molecule has 14 heavy (non-hydrogen) atoms. The highest BCUT2D eigenvalue weighted by Gasteiger charge is 2.19. The molecule has 78 valence electrons. The molecule has 0 saturated heterocycles. The first kappa shape index (κ1) is 9.93. The maximum absolute atomic E-state index is 5.43. The van der Waals surface area contributed by atoms with Crippen molar-refractivity contribution in [2.45, 2.75) is 26.2 Å². The summed E-state index contributed by atoms with van der Waals surface area (Å²) < 4.78 is 0. The van der Waals surface area contributed by atoms with Crippen LogP contribution < -0.4 is 11.1 Å². The zero-order valence-electron chi connectivity index (χ0n) is 8.55. The number of hydrogen-bond donors (Lipinski definition) is 2. The number of anilines is 1. The number of hydrogen-bond acceptors (Lipinski definition) is 4. The van der Waals surface area contributed by atoms with Gasteiger partial charge in [0.2, 0.25) is 0 Å². The van der Waals surface area contributed by atoms with E-state index in [2.05, 4.69) is 17.2 Å². The summed E-state index contributed by atoms with van der Waals surface area (Å²) in [7, 11) is 0. The molecule has 0 amide bonds. The second-order valence-electron chi connectivity index (χ2n) is 3.95. The van der Waals surface area contributed by atoms with Crippen molar-refractivity contribution in [2.24, 2.45) is 11.7 Å². The fraction of sp³-hybridized carbons (Fsp3) is 0.700. The van der Waals surface area contributed by atoms with E-state index in [-0.39, 0.29) is 0 Å². The fourth-order valence-electron chi connectivity index (χ4n) is 1.79. The molecular formula is C10H17N3S. The first-order valence-electron chi connectivity index (χ1n) is 5.22. The number of nitrogens with two attached hydrogens (primary N) is 1. The van der Waals surface area contributed by atoms with E-state index < -0.39 is 0 Å². The van der Waals surface area contributed by atoms with Crippen molar-refractivity contribution in [2.75, 3.05) is 18.4 Å². The van der Waals surface area contributed by atoms with E-state index >= 15 is 0 Å². The van der Waals surface area contributed by atoms with Crippen molar-refractivity contribution in [3.05, 3.63) is 10.6 Å². The number of thiazole rings is 1. The number of aromatic nitrogens is 1. The lowest BCUT2D eigenvalue weighted by Crippen LogP contribution is -2.13. The molecule has 0 spiro atoms. The summed E-state index contributed by atoms with van der Waals surface area (Å²) >= 11 is 1.80. The van der Waals surface area contributed by atoms with Crippen LogP contribution in [0.15, 0.2) is 0 Å². The lowest BCUT2D eigenvalue weighted by atomic mass is 9.93. The van der Waals surface area contributed by atoms with Crippen LogP contribution in [0.4, 0.5) is 5.13 Å². The Morgan fingerprint density at radius 3 is 3.29 bits per heavy atom. The molecular weight excluding hydrogens is 194 g/mol. The number of fused-ring (bicyclic) bond motifs is 1. The molecule has 0 radical (unpaired) electrons. The van der Waals surface area contributed by atoms with Gasteiger partial charge < -0.3 is 11.1 Å². The van der Waals surface area contributed by atoms with Gasteiger partial charge in [-0.15, -0.1) is 11.3 Å². The highest BCUT2D eigenvalue weighted by molar-refractivity contribution is 7.15. The van der Waals surface area contributed by atoms with E-state index in [0.717, 1.165) is 24.0 Å². The Balaban J connectivity index is 2.07. The summed E-state index contributed by atoms with van der Waals surface area (Å²) in [4.78, 5) is 6.05. The van der Waals surface area contributed by atoms with E-state index in [1.807, 2.05) is 0 Å². The average Bonchev–Trinajstić information content (AvgIpc) is 2.56. The van der Waals surface area contributed by atoms with Crippen LogP contribution in [-0.2, 0) is 12.8 Å². The monoisotopic (exact) mass is 211 g/mol. The Hall–Kier alpha value is -0.610. The SMILES string of the molecule is CC1CCc2nc(NCCN)sc2C1. The first-order chi connectivity index (χ1) is 6.79. The van der Waals surface area contributed by atoms with E-state index in [1.165, 1.54) is 23.4 Å². The zero-order chi connectivity index (χ0) is 9.97. The first-order valence-corrected chi connectivity index (χ1v) is 6.03. The Morgan fingerprint density at radius 2 is 2.50 bits per heavy atom. The van der Waals surface area contributed by atoms with Gasteiger partial charge >= 0.3 is 0 Å². The van der Waals surface area contributed by atoms with Crippen LogP contribution in [0.1, 0.15) is 23.9 Å². The minimum absolute atomic E-state index is 0.667. The topological polar surface area (TPSA) is 50.9 Å². The Labute approximate surface area is 88.7 Å². The molecule has 1 aliphatic rings. The molecule has 1 heterocycles. The van der Waals surface area contributed by atoms with Crippen molar-refractivity contribution in [1.29, 1.82) is 0 Å². The van der Waals surface area contributed by atoms with Gasteiger partial charge in [0.25, 0.3) is 0 Å². The van der Waals surface area contributed by atoms with Crippen molar-refractivity contribution < 1.29 is 0 Å². The predicted octanol–water partition coefficient (Wildman–Crippen LogP) is 1.64. The molecule has 2 rings (SSSR count). The van der Waals surface area contributed by atoms with E-state index in [9.17, 15) is 0 Å². The molecule has 0 bridgehead atoms. The van der Waals surface area contributed by atoms with Gasteiger partial charge in [0.05, 0.1) is 5.69 Å². The van der Waals surface area contributed by atoms with Crippen LogP contribution in [0.25, 0.3) is 0 Å². The van der Waals surface area contributed by atoms with Gasteiger partial charge in [-0.1, -0.05) is 6.92 Å². The number of rotatable bonds is 3. The quantitative estimate of drug-likeness (QED) is 0.799. The minimum atomic E-state index is 0.667. The summed E-state index contributed by atoms with van der Waals surface area (Å²) in [5, 5.41) is 4.30. The van der Waals surface area contributed by atoms with Gasteiger partial charge in [0.15, 0.2) is 5.13 Å². The largest absolute Gasteiger partial charge is 0.360 e. The van der Waals surface area contributed by atoms with Gasteiger partial charge in [-0.3, -0.25) is 0 Å². The number of nitrogens with zero attached hydrogens (tertiary/aromatic N) is 1. The summed E-state index contributed by atoms with van der Waals surface area (Å²) in [6, 6.07) is 0. The van der Waals surface area contributed by atoms with Gasteiger partial charge in [0.1, 0.15) is 0 Å². The van der Waals surface area contributed by atoms with Crippen molar-refractivity contribution >= 4 is 16.5 Å².